The Labute approximate surface area is 144 Å². The van der Waals surface area contributed by atoms with Gasteiger partial charge in [-0.3, -0.25) is 9.59 Å². The number of hydrogen-bond acceptors (Lipinski definition) is 3. The summed E-state index contributed by atoms with van der Waals surface area (Å²) >= 11 is 0. The Morgan fingerprint density at radius 1 is 1.16 bits per heavy atom. The summed E-state index contributed by atoms with van der Waals surface area (Å²) in [5.74, 6) is -0.811. The van der Waals surface area contributed by atoms with Crippen LogP contribution in [0.3, 0.4) is 0 Å². The number of hydrogen-bond donors (Lipinski definition) is 1. The molecule has 0 unspecified atom stereocenters. The zero-order valence-corrected chi connectivity index (χ0v) is 13.9. The Bertz CT molecular complexity index is 596. The first-order valence-electron chi connectivity index (χ1n) is 8.17. The third-order valence-electron chi connectivity index (χ3n) is 3.94. The molecule has 1 aliphatic heterocycles. The van der Waals surface area contributed by atoms with Gasteiger partial charge in [0.15, 0.2) is 0 Å². The van der Waals surface area contributed by atoms with Crippen LogP contribution in [-0.2, 0) is 16.0 Å². The lowest BCUT2D eigenvalue weighted by Gasteiger charge is -2.29. The zero-order valence-electron chi connectivity index (χ0n) is 13.9. The lowest BCUT2D eigenvalue weighted by molar-refractivity contribution is -0.274. The highest BCUT2D eigenvalue weighted by molar-refractivity contribution is 5.88. The van der Waals surface area contributed by atoms with Gasteiger partial charge in [-0.2, -0.15) is 0 Å². The van der Waals surface area contributed by atoms with Crippen LogP contribution in [-0.4, -0.2) is 42.2 Å². The van der Waals surface area contributed by atoms with Crippen molar-refractivity contribution in [1.82, 2.24) is 10.2 Å². The van der Waals surface area contributed by atoms with E-state index in [0.717, 1.165) is 31.4 Å². The standard InChI is InChI=1S/C17H21F3N2O3/c1-12(16(24)22-9-3-2-4-10-22)21-15(23)11-13-5-7-14(8-6-13)25-17(18,19)20/h5-8,12H,2-4,9-11H2,1H3,(H,21,23)/t12-/m0/s1. The van der Waals surface area contributed by atoms with Crippen molar-refractivity contribution >= 4 is 11.8 Å². The number of nitrogens with zero attached hydrogens (tertiary/aromatic N) is 1. The summed E-state index contributed by atoms with van der Waals surface area (Å²) in [6.45, 7) is 3.05. The van der Waals surface area contributed by atoms with Gasteiger partial charge in [0, 0.05) is 13.1 Å². The summed E-state index contributed by atoms with van der Waals surface area (Å²) in [4.78, 5) is 26.0. The molecule has 1 aliphatic rings. The molecular formula is C17H21F3N2O3. The predicted molar refractivity (Wildman–Crippen MR) is 84.9 cm³/mol. The maximum atomic E-state index is 12.3. The highest BCUT2D eigenvalue weighted by Crippen LogP contribution is 2.22. The van der Waals surface area contributed by atoms with Crippen molar-refractivity contribution in [1.29, 1.82) is 0 Å². The number of carbonyl (C=O) groups excluding carboxylic acids is 2. The molecule has 5 nitrogen and oxygen atoms in total. The van der Waals surface area contributed by atoms with Crippen LogP contribution < -0.4 is 10.1 Å². The second-order valence-electron chi connectivity index (χ2n) is 6.04. The van der Waals surface area contributed by atoms with Gasteiger partial charge in [0.1, 0.15) is 11.8 Å². The Morgan fingerprint density at radius 3 is 2.32 bits per heavy atom. The van der Waals surface area contributed by atoms with Crippen molar-refractivity contribution in [2.75, 3.05) is 13.1 Å². The first-order valence-corrected chi connectivity index (χ1v) is 8.17. The number of carbonyl (C=O) groups is 2. The number of amides is 2. The summed E-state index contributed by atoms with van der Waals surface area (Å²) < 4.78 is 40.1. The van der Waals surface area contributed by atoms with E-state index in [9.17, 15) is 22.8 Å². The number of benzene rings is 1. The van der Waals surface area contributed by atoms with Crippen LogP contribution >= 0.6 is 0 Å². The minimum absolute atomic E-state index is 0.0239. The maximum absolute atomic E-state index is 12.3. The SMILES string of the molecule is C[C@H](NC(=O)Cc1ccc(OC(F)(F)F)cc1)C(=O)N1CCCCC1. The van der Waals surface area contributed by atoms with Gasteiger partial charge >= 0.3 is 6.36 Å². The molecule has 0 bridgehead atoms. The molecule has 1 atom stereocenters. The van der Waals surface area contributed by atoms with E-state index < -0.39 is 12.4 Å². The fourth-order valence-corrected chi connectivity index (χ4v) is 2.74. The first kappa shape index (κ1) is 19.1. The Morgan fingerprint density at radius 2 is 1.76 bits per heavy atom. The third kappa shape index (κ3) is 6.28. The predicted octanol–water partition coefficient (Wildman–Crippen LogP) is 2.64. The number of piperidine rings is 1. The summed E-state index contributed by atoms with van der Waals surface area (Å²) in [6, 6.07) is 4.45. The number of alkyl halides is 3. The van der Waals surface area contributed by atoms with Crippen molar-refractivity contribution < 1.29 is 27.5 Å². The molecule has 1 aromatic rings. The first-order chi connectivity index (χ1) is 11.7. The molecule has 1 saturated heterocycles. The number of rotatable bonds is 5. The van der Waals surface area contributed by atoms with Crippen LogP contribution in [0.1, 0.15) is 31.7 Å². The van der Waals surface area contributed by atoms with Gasteiger partial charge in [-0.15, -0.1) is 13.2 Å². The van der Waals surface area contributed by atoms with Crippen LogP contribution in [0.5, 0.6) is 5.75 Å². The van der Waals surface area contributed by atoms with Gasteiger partial charge in [0.2, 0.25) is 11.8 Å². The minimum Gasteiger partial charge on any atom is -0.406 e. The number of ether oxygens (including phenoxy) is 1. The van der Waals surface area contributed by atoms with Gasteiger partial charge in [-0.25, -0.2) is 0 Å². The highest BCUT2D eigenvalue weighted by atomic mass is 19.4. The van der Waals surface area contributed by atoms with E-state index in [2.05, 4.69) is 10.1 Å². The molecule has 0 spiro atoms. The van der Waals surface area contributed by atoms with Gasteiger partial charge in [-0.1, -0.05) is 12.1 Å². The fourth-order valence-electron chi connectivity index (χ4n) is 2.74. The Kier molecular flexibility index (Phi) is 6.27. The Balaban J connectivity index is 1.83. The van der Waals surface area contributed by atoms with Crippen molar-refractivity contribution in [2.24, 2.45) is 0 Å². The molecule has 0 saturated carbocycles. The van der Waals surface area contributed by atoms with E-state index in [1.54, 1.807) is 11.8 Å². The highest BCUT2D eigenvalue weighted by Gasteiger charge is 2.31. The quantitative estimate of drug-likeness (QED) is 0.880. The smallest absolute Gasteiger partial charge is 0.406 e. The van der Waals surface area contributed by atoms with E-state index >= 15 is 0 Å². The summed E-state index contributed by atoms with van der Waals surface area (Å²) in [7, 11) is 0. The molecule has 0 aliphatic carbocycles. The summed E-state index contributed by atoms with van der Waals surface area (Å²) in [5, 5.41) is 2.64. The minimum atomic E-state index is -4.75. The molecule has 1 aromatic carbocycles. The van der Waals surface area contributed by atoms with Crippen LogP contribution in [0.25, 0.3) is 0 Å². The fraction of sp³-hybridized carbons (Fsp3) is 0.529. The molecular weight excluding hydrogens is 337 g/mol. The topological polar surface area (TPSA) is 58.6 Å². The van der Waals surface area contributed by atoms with E-state index in [1.165, 1.54) is 12.1 Å². The van der Waals surface area contributed by atoms with E-state index in [4.69, 9.17) is 0 Å². The molecule has 1 fully saturated rings. The van der Waals surface area contributed by atoms with Crippen LogP contribution in [0.4, 0.5) is 13.2 Å². The largest absolute Gasteiger partial charge is 0.573 e. The van der Waals surface area contributed by atoms with E-state index in [0.29, 0.717) is 18.7 Å². The Hall–Kier alpha value is -2.25. The van der Waals surface area contributed by atoms with Crippen molar-refractivity contribution in [3.8, 4) is 5.75 Å². The van der Waals surface area contributed by atoms with E-state index in [-0.39, 0.29) is 24.0 Å². The lowest BCUT2D eigenvalue weighted by Crippen LogP contribution is -2.48. The molecule has 1 heterocycles. The van der Waals surface area contributed by atoms with E-state index in [1.807, 2.05) is 0 Å². The van der Waals surface area contributed by atoms with Gasteiger partial charge in [0.25, 0.3) is 0 Å². The zero-order chi connectivity index (χ0) is 18.4. The molecule has 0 aromatic heterocycles. The van der Waals surface area contributed by atoms with Gasteiger partial charge < -0.3 is 15.0 Å². The number of nitrogens with one attached hydrogen (secondary N) is 1. The normalized spacial score (nSPS) is 16.2. The van der Waals surface area contributed by atoms with Crippen LogP contribution in [0.15, 0.2) is 24.3 Å². The molecule has 1 N–H and O–H groups in total. The van der Waals surface area contributed by atoms with Crippen LogP contribution in [0.2, 0.25) is 0 Å². The van der Waals surface area contributed by atoms with Crippen molar-refractivity contribution in [3.63, 3.8) is 0 Å². The van der Waals surface area contributed by atoms with Crippen molar-refractivity contribution in [3.05, 3.63) is 29.8 Å². The number of likely N-dealkylation sites (tertiary alicyclic amines) is 1. The molecule has 25 heavy (non-hydrogen) atoms. The lowest BCUT2D eigenvalue weighted by atomic mass is 10.1. The third-order valence-corrected chi connectivity index (χ3v) is 3.94. The molecule has 2 rings (SSSR count). The molecule has 138 valence electrons. The molecule has 8 heteroatoms. The van der Waals surface area contributed by atoms with Gasteiger partial charge in [-0.05, 0) is 43.9 Å². The number of halogens is 3. The van der Waals surface area contributed by atoms with Crippen LogP contribution in [0, 0.1) is 0 Å². The summed E-state index contributed by atoms with van der Waals surface area (Å²) in [5.41, 5.74) is 0.532. The second kappa shape index (κ2) is 8.22. The monoisotopic (exact) mass is 358 g/mol. The molecule has 0 radical (unpaired) electrons. The average molecular weight is 358 g/mol. The molecule has 2 amide bonds. The second-order valence-corrected chi connectivity index (χ2v) is 6.04. The average Bonchev–Trinajstić information content (AvgIpc) is 2.55. The maximum Gasteiger partial charge on any atom is 0.573 e. The van der Waals surface area contributed by atoms with Gasteiger partial charge in [0.05, 0.1) is 6.42 Å². The van der Waals surface area contributed by atoms with Crippen molar-refractivity contribution in [2.45, 2.75) is 45.0 Å². The summed E-state index contributed by atoms with van der Waals surface area (Å²) in [6.07, 6.45) is -1.72.